The summed E-state index contributed by atoms with van der Waals surface area (Å²) < 4.78 is 43.9. The molecule has 154 valence electrons. The van der Waals surface area contributed by atoms with Crippen LogP contribution in [0.4, 0.5) is 24.5 Å². The zero-order chi connectivity index (χ0) is 21.6. The molecule has 0 aliphatic carbocycles. The summed E-state index contributed by atoms with van der Waals surface area (Å²) in [6.07, 6.45) is -3.28. The number of anilines is 1. The lowest BCUT2D eigenvalue weighted by atomic mass is 10.1. The quantitative estimate of drug-likeness (QED) is 0.308. The first-order valence-corrected chi connectivity index (χ1v) is 8.74. The van der Waals surface area contributed by atoms with Gasteiger partial charge in [-0.05, 0) is 47.5 Å². The minimum Gasteiger partial charge on any atom is -0.489 e. The molecule has 0 amide bonds. The van der Waals surface area contributed by atoms with E-state index in [1.807, 2.05) is 30.3 Å². The molecule has 3 aromatic rings. The molecule has 0 aliphatic heterocycles. The number of nitro benzene ring substituents is 1. The van der Waals surface area contributed by atoms with E-state index in [-0.39, 0.29) is 5.69 Å². The van der Waals surface area contributed by atoms with Crippen molar-refractivity contribution in [1.29, 1.82) is 0 Å². The van der Waals surface area contributed by atoms with Crippen LogP contribution in [0.15, 0.2) is 77.9 Å². The Balaban J connectivity index is 1.63. The molecule has 3 rings (SSSR count). The molecule has 0 radical (unpaired) electrons. The van der Waals surface area contributed by atoms with Crippen LogP contribution >= 0.6 is 0 Å². The van der Waals surface area contributed by atoms with E-state index in [4.69, 9.17) is 4.74 Å². The highest BCUT2D eigenvalue weighted by Gasteiger charge is 2.33. The highest BCUT2D eigenvalue weighted by Crippen LogP contribution is 2.34. The van der Waals surface area contributed by atoms with Gasteiger partial charge in [0.25, 0.3) is 5.69 Å². The van der Waals surface area contributed by atoms with Gasteiger partial charge in [0.2, 0.25) is 0 Å². The third kappa shape index (κ3) is 5.57. The predicted octanol–water partition coefficient (Wildman–Crippen LogP) is 5.64. The van der Waals surface area contributed by atoms with Crippen molar-refractivity contribution in [1.82, 2.24) is 0 Å². The van der Waals surface area contributed by atoms with Gasteiger partial charge in [-0.2, -0.15) is 18.3 Å². The Labute approximate surface area is 169 Å². The fourth-order valence-electron chi connectivity index (χ4n) is 2.52. The summed E-state index contributed by atoms with van der Waals surface area (Å²) >= 11 is 0. The molecule has 0 aromatic heterocycles. The third-order valence-electron chi connectivity index (χ3n) is 4.05. The molecular formula is C21H16F3N3O3. The monoisotopic (exact) mass is 415 g/mol. The number of halogens is 3. The van der Waals surface area contributed by atoms with Crippen molar-refractivity contribution in [2.75, 3.05) is 5.43 Å². The van der Waals surface area contributed by atoms with Crippen LogP contribution in [0.2, 0.25) is 0 Å². The van der Waals surface area contributed by atoms with Gasteiger partial charge in [-0.3, -0.25) is 15.5 Å². The van der Waals surface area contributed by atoms with Crippen molar-refractivity contribution in [3.63, 3.8) is 0 Å². The van der Waals surface area contributed by atoms with Crippen LogP contribution in [-0.2, 0) is 12.8 Å². The second-order valence-corrected chi connectivity index (χ2v) is 6.20. The lowest BCUT2D eigenvalue weighted by molar-refractivity contribution is -0.384. The first kappa shape index (κ1) is 20.8. The number of hydrogen-bond donors (Lipinski definition) is 1. The molecule has 0 atom stereocenters. The van der Waals surface area contributed by atoms with E-state index in [1.165, 1.54) is 6.21 Å². The minimum absolute atomic E-state index is 0.146. The van der Waals surface area contributed by atoms with Crippen molar-refractivity contribution in [3.8, 4) is 5.75 Å². The Morgan fingerprint density at radius 3 is 2.37 bits per heavy atom. The summed E-state index contributed by atoms with van der Waals surface area (Å²) in [4.78, 5) is 10.2. The Bertz CT molecular complexity index is 1040. The Morgan fingerprint density at radius 1 is 1.03 bits per heavy atom. The molecule has 3 aromatic carbocycles. The van der Waals surface area contributed by atoms with Crippen LogP contribution in [0.1, 0.15) is 16.7 Å². The molecule has 0 heterocycles. The van der Waals surface area contributed by atoms with Crippen LogP contribution < -0.4 is 10.2 Å². The van der Waals surface area contributed by atoms with E-state index in [2.05, 4.69) is 10.5 Å². The molecule has 0 aliphatic rings. The molecule has 1 N–H and O–H groups in total. The van der Waals surface area contributed by atoms with Crippen molar-refractivity contribution in [2.45, 2.75) is 12.8 Å². The smallest absolute Gasteiger partial charge is 0.416 e. The van der Waals surface area contributed by atoms with Crippen LogP contribution in [0.5, 0.6) is 5.75 Å². The van der Waals surface area contributed by atoms with Crippen molar-refractivity contribution in [2.24, 2.45) is 5.10 Å². The molecule has 0 fully saturated rings. The number of rotatable bonds is 7. The van der Waals surface area contributed by atoms with Crippen LogP contribution in [0.3, 0.4) is 0 Å². The summed E-state index contributed by atoms with van der Waals surface area (Å²) in [5.41, 5.74) is 2.15. The SMILES string of the molecule is O=[N+]([O-])c1cc(C(F)(F)F)ccc1NN=Cc1ccc(OCc2ccccc2)cc1. The third-order valence-corrected chi connectivity index (χ3v) is 4.05. The number of nitro groups is 1. The van der Waals surface area contributed by atoms with Gasteiger partial charge in [-0.15, -0.1) is 0 Å². The fourth-order valence-corrected chi connectivity index (χ4v) is 2.52. The van der Waals surface area contributed by atoms with E-state index in [1.54, 1.807) is 24.3 Å². The normalized spacial score (nSPS) is 11.4. The Hall–Kier alpha value is -3.88. The predicted molar refractivity (Wildman–Crippen MR) is 107 cm³/mol. The zero-order valence-corrected chi connectivity index (χ0v) is 15.5. The van der Waals surface area contributed by atoms with Gasteiger partial charge in [0.15, 0.2) is 0 Å². The number of hydrazone groups is 1. The number of alkyl halides is 3. The van der Waals surface area contributed by atoms with E-state index >= 15 is 0 Å². The fraction of sp³-hybridized carbons (Fsp3) is 0.0952. The van der Waals surface area contributed by atoms with E-state index in [9.17, 15) is 23.3 Å². The average molecular weight is 415 g/mol. The summed E-state index contributed by atoms with van der Waals surface area (Å²) in [7, 11) is 0. The lowest BCUT2D eigenvalue weighted by Crippen LogP contribution is -2.06. The van der Waals surface area contributed by atoms with Gasteiger partial charge in [-0.1, -0.05) is 30.3 Å². The van der Waals surface area contributed by atoms with Crippen LogP contribution in [0, 0.1) is 10.1 Å². The average Bonchev–Trinajstić information content (AvgIpc) is 2.73. The minimum atomic E-state index is -4.67. The summed E-state index contributed by atoms with van der Waals surface area (Å²) in [5, 5.41) is 14.9. The molecule has 9 heteroatoms. The van der Waals surface area contributed by atoms with Crippen molar-refractivity contribution in [3.05, 3.63) is 99.6 Å². The largest absolute Gasteiger partial charge is 0.489 e. The topological polar surface area (TPSA) is 76.8 Å². The van der Waals surface area contributed by atoms with Gasteiger partial charge >= 0.3 is 6.18 Å². The second kappa shape index (κ2) is 9.08. The summed E-state index contributed by atoms with van der Waals surface area (Å²) in [6.45, 7) is 0.424. The molecule has 0 unspecified atom stereocenters. The van der Waals surface area contributed by atoms with Crippen molar-refractivity contribution >= 4 is 17.6 Å². The van der Waals surface area contributed by atoms with E-state index < -0.39 is 22.4 Å². The Morgan fingerprint density at radius 2 is 1.73 bits per heavy atom. The molecule has 6 nitrogen and oxygen atoms in total. The first-order valence-electron chi connectivity index (χ1n) is 8.74. The summed E-state index contributed by atoms with van der Waals surface area (Å²) in [5.74, 6) is 0.655. The zero-order valence-electron chi connectivity index (χ0n) is 15.5. The molecule has 30 heavy (non-hydrogen) atoms. The number of hydrogen-bond acceptors (Lipinski definition) is 5. The molecule has 0 spiro atoms. The number of nitrogens with zero attached hydrogens (tertiary/aromatic N) is 2. The highest BCUT2D eigenvalue weighted by atomic mass is 19.4. The van der Waals surface area contributed by atoms with E-state index in [0.717, 1.165) is 17.7 Å². The standard InChI is InChI=1S/C21H16F3N3O3/c22-21(23,24)17-8-11-19(20(12-17)27(28)29)26-25-13-15-6-9-18(10-7-15)30-14-16-4-2-1-3-5-16/h1-13,26H,14H2. The van der Waals surface area contributed by atoms with Gasteiger partial charge in [-0.25, -0.2) is 0 Å². The molecule has 0 saturated carbocycles. The van der Waals surface area contributed by atoms with E-state index in [0.29, 0.717) is 24.0 Å². The maximum Gasteiger partial charge on any atom is 0.416 e. The second-order valence-electron chi connectivity index (χ2n) is 6.20. The van der Waals surface area contributed by atoms with Crippen molar-refractivity contribution < 1.29 is 22.8 Å². The van der Waals surface area contributed by atoms with Gasteiger partial charge in [0.05, 0.1) is 16.7 Å². The number of nitrogens with one attached hydrogen (secondary N) is 1. The van der Waals surface area contributed by atoms with Gasteiger partial charge < -0.3 is 4.74 Å². The number of ether oxygens (including phenoxy) is 1. The van der Waals surface area contributed by atoms with Gasteiger partial charge in [0.1, 0.15) is 18.0 Å². The molecule has 0 saturated heterocycles. The first-order chi connectivity index (χ1) is 14.3. The summed E-state index contributed by atoms with van der Waals surface area (Å²) in [6, 6.07) is 18.8. The molecule has 0 bridgehead atoms. The van der Waals surface area contributed by atoms with Gasteiger partial charge in [0, 0.05) is 6.07 Å². The maximum atomic E-state index is 12.7. The molecular weight excluding hydrogens is 399 g/mol. The van der Waals surface area contributed by atoms with Crippen LogP contribution in [-0.4, -0.2) is 11.1 Å². The number of benzene rings is 3. The maximum absolute atomic E-state index is 12.7. The highest BCUT2D eigenvalue weighted by molar-refractivity contribution is 5.80. The Kier molecular flexibility index (Phi) is 6.31. The van der Waals surface area contributed by atoms with Crippen LogP contribution in [0.25, 0.3) is 0 Å². The lowest BCUT2D eigenvalue weighted by Gasteiger charge is -2.08.